The lowest BCUT2D eigenvalue weighted by Crippen LogP contribution is -2.52. The van der Waals surface area contributed by atoms with Crippen LogP contribution >= 0.6 is 11.3 Å². The van der Waals surface area contributed by atoms with E-state index >= 15 is 0 Å². The topological polar surface area (TPSA) is 87.4 Å². The molecule has 1 aliphatic heterocycles. The van der Waals surface area contributed by atoms with Gasteiger partial charge in [-0.1, -0.05) is 25.9 Å². The Bertz CT molecular complexity index is 773. The number of piperazine rings is 1. The Morgan fingerprint density at radius 3 is 2.56 bits per heavy atom. The van der Waals surface area contributed by atoms with Gasteiger partial charge in [0.2, 0.25) is 5.89 Å². The molecule has 2 aromatic heterocycles. The molecule has 0 spiro atoms. The number of nitrogens with one attached hydrogen (secondary N) is 1. The van der Waals surface area contributed by atoms with Gasteiger partial charge in [0.1, 0.15) is 5.01 Å². The SMILES string of the molecule is Cc1noc(C(C)N2CCN(C(=O)NCc3nc(C(C)(C)C)cs3)CC2)n1. The summed E-state index contributed by atoms with van der Waals surface area (Å²) in [5, 5.41) is 9.85. The molecule has 2 aromatic rings. The summed E-state index contributed by atoms with van der Waals surface area (Å²) in [5.74, 6) is 1.27. The Kier molecular flexibility index (Phi) is 5.81. The van der Waals surface area contributed by atoms with Gasteiger partial charge >= 0.3 is 6.03 Å². The van der Waals surface area contributed by atoms with Crippen molar-refractivity contribution in [2.75, 3.05) is 26.2 Å². The number of aromatic nitrogens is 3. The zero-order valence-corrected chi connectivity index (χ0v) is 17.5. The molecule has 2 amide bonds. The van der Waals surface area contributed by atoms with Crippen LogP contribution in [0, 0.1) is 6.92 Å². The fraction of sp³-hybridized carbons (Fsp3) is 0.667. The van der Waals surface area contributed by atoms with Crippen LogP contribution in [0.25, 0.3) is 0 Å². The number of hydrogen-bond donors (Lipinski definition) is 1. The Morgan fingerprint density at radius 2 is 2.00 bits per heavy atom. The van der Waals surface area contributed by atoms with E-state index in [2.05, 4.69) is 58.4 Å². The van der Waals surface area contributed by atoms with E-state index < -0.39 is 0 Å². The third kappa shape index (κ3) is 4.84. The van der Waals surface area contributed by atoms with Crippen LogP contribution in [0.3, 0.4) is 0 Å². The molecule has 1 fully saturated rings. The van der Waals surface area contributed by atoms with Gasteiger partial charge in [-0.3, -0.25) is 4.90 Å². The number of nitrogens with zero attached hydrogens (tertiary/aromatic N) is 5. The lowest BCUT2D eigenvalue weighted by Gasteiger charge is -2.36. The van der Waals surface area contributed by atoms with Gasteiger partial charge in [-0.05, 0) is 13.8 Å². The molecule has 1 atom stereocenters. The van der Waals surface area contributed by atoms with Crippen LogP contribution in [-0.2, 0) is 12.0 Å². The summed E-state index contributed by atoms with van der Waals surface area (Å²) in [6.45, 7) is 13.7. The van der Waals surface area contributed by atoms with Crippen molar-refractivity contribution in [1.82, 2.24) is 30.2 Å². The van der Waals surface area contributed by atoms with Crippen LogP contribution in [0.1, 0.15) is 56.2 Å². The molecular weight excluding hydrogens is 364 g/mol. The van der Waals surface area contributed by atoms with Gasteiger partial charge in [0, 0.05) is 37.0 Å². The number of thiazole rings is 1. The summed E-state index contributed by atoms with van der Waals surface area (Å²) in [4.78, 5) is 25.5. The van der Waals surface area contributed by atoms with Crippen molar-refractivity contribution in [1.29, 1.82) is 0 Å². The number of urea groups is 1. The molecule has 1 unspecified atom stereocenters. The number of rotatable bonds is 4. The fourth-order valence-electron chi connectivity index (χ4n) is 2.95. The first-order chi connectivity index (χ1) is 12.7. The Balaban J connectivity index is 1.46. The van der Waals surface area contributed by atoms with Gasteiger partial charge in [-0.2, -0.15) is 4.98 Å². The molecule has 9 heteroatoms. The summed E-state index contributed by atoms with van der Waals surface area (Å²) in [6, 6.07) is 0.0194. The molecule has 0 saturated carbocycles. The lowest BCUT2D eigenvalue weighted by atomic mass is 9.93. The molecule has 27 heavy (non-hydrogen) atoms. The number of carbonyl (C=O) groups is 1. The van der Waals surface area contributed by atoms with Gasteiger partial charge in [0.25, 0.3) is 0 Å². The van der Waals surface area contributed by atoms with Gasteiger partial charge in [0.05, 0.1) is 18.3 Å². The van der Waals surface area contributed by atoms with E-state index in [0.29, 0.717) is 31.3 Å². The van der Waals surface area contributed by atoms with Crippen LogP contribution in [0.5, 0.6) is 0 Å². The van der Waals surface area contributed by atoms with E-state index in [1.165, 1.54) is 0 Å². The van der Waals surface area contributed by atoms with Crippen LogP contribution in [0.15, 0.2) is 9.90 Å². The minimum absolute atomic E-state index is 0.0304. The molecule has 3 rings (SSSR count). The zero-order chi connectivity index (χ0) is 19.6. The highest BCUT2D eigenvalue weighted by atomic mass is 32.1. The molecule has 0 aliphatic carbocycles. The average Bonchev–Trinajstić information content (AvgIpc) is 3.28. The standard InChI is InChI=1S/C18H28N6O2S/c1-12(16-20-13(2)22-26-16)23-6-8-24(9-7-23)17(25)19-10-15-21-14(11-27-15)18(3,4)5/h11-12H,6-10H2,1-5H3,(H,19,25). The quantitative estimate of drug-likeness (QED) is 0.861. The molecule has 3 heterocycles. The molecular formula is C18H28N6O2S. The molecule has 0 radical (unpaired) electrons. The first kappa shape index (κ1) is 19.8. The number of hydrogen-bond acceptors (Lipinski definition) is 7. The molecule has 1 aliphatic rings. The second-order valence-electron chi connectivity index (χ2n) is 7.91. The Hall–Kier alpha value is -2.00. The molecule has 1 N–H and O–H groups in total. The van der Waals surface area contributed by atoms with E-state index in [1.807, 2.05) is 11.8 Å². The number of aryl methyl sites for hydroxylation is 1. The Morgan fingerprint density at radius 1 is 1.30 bits per heavy atom. The van der Waals surface area contributed by atoms with E-state index in [-0.39, 0.29) is 17.5 Å². The van der Waals surface area contributed by atoms with Crippen molar-refractivity contribution in [2.24, 2.45) is 0 Å². The van der Waals surface area contributed by atoms with Gasteiger partial charge in [-0.25, -0.2) is 9.78 Å². The Labute approximate surface area is 164 Å². The fourth-order valence-corrected chi connectivity index (χ4v) is 3.91. The van der Waals surface area contributed by atoms with Crippen molar-refractivity contribution < 1.29 is 9.32 Å². The lowest BCUT2D eigenvalue weighted by molar-refractivity contribution is 0.0999. The maximum atomic E-state index is 12.5. The highest BCUT2D eigenvalue weighted by Crippen LogP contribution is 2.24. The van der Waals surface area contributed by atoms with Gasteiger partial charge in [-0.15, -0.1) is 11.3 Å². The highest BCUT2D eigenvalue weighted by molar-refractivity contribution is 7.09. The largest absolute Gasteiger partial charge is 0.338 e. The molecule has 0 bridgehead atoms. The number of amides is 2. The summed E-state index contributed by atoms with van der Waals surface area (Å²) >= 11 is 1.59. The van der Waals surface area contributed by atoms with E-state index in [9.17, 15) is 4.79 Å². The highest BCUT2D eigenvalue weighted by Gasteiger charge is 2.27. The third-order valence-electron chi connectivity index (χ3n) is 4.76. The van der Waals surface area contributed by atoms with Gasteiger partial charge in [0.15, 0.2) is 5.82 Å². The zero-order valence-electron chi connectivity index (χ0n) is 16.7. The van der Waals surface area contributed by atoms with Gasteiger partial charge < -0.3 is 14.7 Å². The second-order valence-corrected chi connectivity index (χ2v) is 8.86. The first-order valence-corrected chi connectivity index (χ1v) is 10.1. The molecule has 8 nitrogen and oxygen atoms in total. The predicted molar refractivity (Wildman–Crippen MR) is 104 cm³/mol. The smallest absolute Gasteiger partial charge is 0.317 e. The predicted octanol–water partition coefficient (Wildman–Crippen LogP) is 2.72. The summed E-state index contributed by atoms with van der Waals surface area (Å²) in [6.07, 6.45) is 0. The van der Waals surface area contributed by atoms with Crippen molar-refractivity contribution in [3.63, 3.8) is 0 Å². The van der Waals surface area contributed by atoms with Crippen molar-refractivity contribution in [3.8, 4) is 0 Å². The van der Waals surface area contributed by atoms with Crippen LogP contribution in [0.2, 0.25) is 0 Å². The normalized spacial score (nSPS) is 17.1. The summed E-state index contributed by atoms with van der Waals surface area (Å²) in [5.41, 5.74) is 1.10. The molecule has 148 valence electrons. The minimum Gasteiger partial charge on any atom is -0.338 e. The maximum absolute atomic E-state index is 12.5. The van der Waals surface area contributed by atoms with E-state index in [4.69, 9.17) is 4.52 Å². The van der Waals surface area contributed by atoms with Crippen LogP contribution < -0.4 is 5.32 Å². The number of carbonyl (C=O) groups excluding carboxylic acids is 1. The van der Waals surface area contributed by atoms with Crippen LogP contribution in [0.4, 0.5) is 4.79 Å². The van der Waals surface area contributed by atoms with E-state index in [0.717, 1.165) is 23.8 Å². The van der Waals surface area contributed by atoms with E-state index in [1.54, 1.807) is 11.3 Å². The molecule has 1 saturated heterocycles. The van der Waals surface area contributed by atoms with Crippen molar-refractivity contribution >= 4 is 17.4 Å². The monoisotopic (exact) mass is 392 g/mol. The summed E-state index contributed by atoms with van der Waals surface area (Å²) < 4.78 is 5.27. The second kappa shape index (κ2) is 7.93. The third-order valence-corrected chi connectivity index (χ3v) is 5.61. The minimum atomic E-state index is -0.0385. The van der Waals surface area contributed by atoms with Crippen molar-refractivity contribution in [2.45, 2.75) is 52.6 Å². The van der Waals surface area contributed by atoms with Crippen LogP contribution in [-0.4, -0.2) is 57.1 Å². The molecule has 0 aromatic carbocycles. The first-order valence-electron chi connectivity index (χ1n) is 9.26. The van der Waals surface area contributed by atoms with Crippen molar-refractivity contribution in [3.05, 3.63) is 27.8 Å². The maximum Gasteiger partial charge on any atom is 0.317 e. The summed E-state index contributed by atoms with van der Waals surface area (Å²) in [7, 11) is 0. The average molecular weight is 393 g/mol.